The predicted octanol–water partition coefficient (Wildman–Crippen LogP) is 2.51. The van der Waals surface area contributed by atoms with Crippen LogP contribution in [0.2, 0.25) is 0 Å². The van der Waals surface area contributed by atoms with Gasteiger partial charge in [-0.25, -0.2) is 12.7 Å². The van der Waals surface area contributed by atoms with Gasteiger partial charge in [0.25, 0.3) is 0 Å². The lowest BCUT2D eigenvalue weighted by Crippen LogP contribution is -2.42. The van der Waals surface area contributed by atoms with Crippen LogP contribution in [0.4, 0.5) is 0 Å². The van der Waals surface area contributed by atoms with Crippen LogP contribution in [0.1, 0.15) is 18.9 Å². The molecule has 29 heavy (non-hydrogen) atoms. The van der Waals surface area contributed by atoms with Gasteiger partial charge in [0.15, 0.2) is 5.96 Å². The standard InChI is InChI=1S/C20H32N4O2S2.HI/c1-2-21-20(22-9-15-28(25,26)24-11-13-27-14-12-24)23-10-8-19(17-23)16-18-6-4-3-5-7-18;/h3-7,19H,2,8-17H2,1H3,(H,21,22);1H. The number of hydrogen-bond donors (Lipinski definition) is 1. The number of aliphatic imine (C=N–C) groups is 1. The first-order chi connectivity index (χ1) is 13.6. The third-order valence-electron chi connectivity index (χ3n) is 5.26. The van der Waals surface area contributed by atoms with Crippen LogP contribution in [0.25, 0.3) is 0 Å². The second-order valence-electron chi connectivity index (χ2n) is 7.35. The molecule has 0 spiro atoms. The maximum absolute atomic E-state index is 12.5. The summed E-state index contributed by atoms with van der Waals surface area (Å²) in [6.45, 7) is 6.35. The first-order valence-electron chi connectivity index (χ1n) is 10.2. The van der Waals surface area contributed by atoms with Crippen molar-refractivity contribution < 1.29 is 8.42 Å². The molecule has 1 aromatic carbocycles. The second-order valence-corrected chi connectivity index (χ2v) is 10.7. The van der Waals surface area contributed by atoms with Crippen molar-refractivity contribution in [2.75, 3.05) is 56.5 Å². The zero-order valence-electron chi connectivity index (χ0n) is 17.1. The summed E-state index contributed by atoms with van der Waals surface area (Å²) in [4.78, 5) is 6.92. The highest BCUT2D eigenvalue weighted by Crippen LogP contribution is 2.21. The van der Waals surface area contributed by atoms with E-state index < -0.39 is 10.0 Å². The largest absolute Gasteiger partial charge is 0.357 e. The summed E-state index contributed by atoms with van der Waals surface area (Å²) in [7, 11) is -3.20. The van der Waals surface area contributed by atoms with Crippen molar-refractivity contribution in [3.63, 3.8) is 0 Å². The Balaban J connectivity index is 0.00000300. The van der Waals surface area contributed by atoms with E-state index >= 15 is 0 Å². The van der Waals surface area contributed by atoms with Crippen molar-refractivity contribution in [1.29, 1.82) is 0 Å². The highest BCUT2D eigenvalue weighted by atomic mass is 127. The van der Waals surface area contributed by atoms with Gasteiger partial charge in [0.2, 0.25) is 10.0 Å². The molecule has 2 heterocycles. The van der Waals surface area contributed by atoms with Crippen molar-refractivity contribution in [3.8, 4) is 0 Å². The van der Waals surface area contributed by atoms with Gasteiger partial charge in [0, 0.05) is 44.2 Å². The molecule has 2 aliphatic heterocycles. The Morgan fingerprint density at radius 3 is 2.62 bits per heavy atom. The van der Waals surface area contributed by atoms with E-state index in [-0.39, 0.29) is 29.7 Å². The number of hydrogen-bond acceptors (Lipinski definition) is 4. The number of nitrogens with zero attached hydrogens (tertiary/aromatic N) is 3. The van der Waals surface area contributed by atoms with Gasteiger partial charge in [-0.2, -0.15) is 11.8 Å². The molecular weight excluding hydrogens is 519 g/mol. The third kappa shape index (κ3) is 7.59. The molecular formula is C20H33IN4O2S2. The van der Waals surface area contributed by atoms with Crippen LogP contribution < -0.4 is 5.32 Å². The molecule has 1 unspecified atom stereocenters. The maximum atomic E-state index is 12.5. The lowest BCUT2D eigenvalue weighted by molar-refractivity contribution is 0.443. The monoisotopic (exact) mass is 552 g/mol. The Labute approximate surface area is 197 Å². The normalized spacial score (nSPS) is 21.1. The number of likely N-dealkylation sites (tertiary alicyclic amines) is 1. The SMILES string of the molecule is CCNC(=NCCS(=O)(=O)N1CCSCC1)N1CCC(Cc2ccccc2)C1.I. The summed E-state index contributed by atoms with van der Waals surface area (Å²) in [5.41, 5.74) is 1.38. The summed E-state index contributed by atoms with van der Waals surface area (Å²) in [5.74, 6) is 3.33. The van der Waals surface area contributed by atoms with E-state index in [0.29, 0.717) is 25.6 Å². The summed E-state index contributed by atoms with van der Waals surface area (Å²) < 4.78 is 26.7. The van der Waals surface area contributed by atoms with Gasteiger partial charge in [0.05, 0.1) is 12.3 Å². The van der Waals surface area contributed by atoms with Gasteiger partial charge in [-0.3, -0.25) is 4.99 Å². The molecule has 1 aromatic rings. The topological polar surface area (TPSA) is 65.0 Å². The first-order valence-corrected chi connectivity index (χ1v) is 13.0. The molecule has 1 atom stereocenters. The Bertz CT molecular complexity index is 740. The summed E-state index contributed by atoms with van der Waals surface area (Å²) in [5, 5.41) is 3.34. The van der Waals surface area contributed by atoms with E-state index in [2.05, 4.69) is 52.5 Å². The number of thioether (sulfide) groups is 1. The summed E-state index contributed by atoms with van der Waals surface area (Å²) in [6.07, 6.45) is 2.22. The maximum Gasteiger partial charge on any atom is 0.215 e. The van der Waals surface area contributed by atoms with E-state index in [0.717, 1.165) is 49.9 Å². The summed E-state index contributed by atoms with van der Waals surface area (Å²) in [6, 6.07) is 10.6. The number of halogens is 1. The van der Waals surface area contributed by atoms with Crippen LogP contribution in [0.5, 0.6) is 0 Å². The Morgan fingerprint density at radius 1 is 1.21 bits per heavy atom. The molecule has 0 aromatic heterocycles. The van der Waals surface area contributed by atoms with E-state index in [1.165, 1.54) is 5.56 Å². The van der Waals surface area contributed by atoms with E-state index in [9.17, 15) is 8.42 Å². The number of guanidine groups is 1. The van der Waals surface area contributed by atoms with Crippen LogP contribution >= 0.6 is 35.7 Å². The highest BCUT2D eigenvalue weighted by Gasteiger charge is 2.26. The van der Waals surface area contributed by atoms with Crippen molar-refractivity contribution in [2.45, 2.75) is 19.8 Å². The van der Waals surface area contributed by atoms with Crippen LogP contribution in [0, 0.1) is 5.92 Å². The molecule has 9 heteroatoms. The van der Waals surface area contributed by atoms with E-state index in [1.807, 2.05) is 11.8 Å². The number of nitrogens with one attached hydrogen (secondary N) is 1. The number of sulfonamides is 1. The van der Waals surface area contributed by atoms with E-state index in [1.54, 1.807) is 4.31 Å². The predicted molar refractivity (Wildman–Crippen MR) is 134 cm³/mol. The Morgan fingerprint density at radius 2 is 1.93 bits per heavy atom. The highest BCUT2D eigenvalue weighted by molar-refractivity contribution is 14.0. The minimum Gasteiger partial charge on any atom is -0.357 e. The van der Waals surface area contributed by atoms with E-state index in [4.69, 9.17) is 0 Å². The van der Waals surface area contributed by atoms with Crippen molar-refractivity contribution in [1.82, 2.24) is 14.5 Å². The average molecular weight is 553 g/mol. The molecule has 0 radical (unpaired) electrons. The van der Waals surface area contributed by atoms with Crippen LogP contribution in [-0.2, 0) is 16.4 Å². The molecule has 164 valence electrons. The Hall–Kier alpha value is -0.520. The van der Waals surface area contributed by atoms with Gasteiger partial charge < -0.3 is 10.2 Å². The minimum absolute atomic E-state index is 0. The quantitative estimate of drug-likeness (QED) is 0.320. The molecule has 0 saturated carbocycles. The molecule has 0 aliphatic carbocycles. The zero-order valence-corrected chi connectivity index (χ0v) is 21.1. The number of rotatable bonds is 7. The van der Waals surface area contributed by atoms with Gasteiger partial charge in [0.1, 0.15) is 0 Å². The van der Waals surface area contributed by atoms with Crippen molar-refractivity contribution >= 4 is 51.7 Å². The molecule has 0 amide bonds. The molecule has 2 saturated heterocycles. The number of benzene rings is 1. The Kier molecular flexibility index (Phi) is 10.5. The lowest BCUT2D eigenvalue weighted by Gasteiger charge is -2.25. The molecule has 0 bridgehead atoms. The zero-order chi connectivity index (χ0) is 19.8. The van der Waals surface area contributed by atoms with Crippen molar-refractivity contribution in [2.24, 2.45) is 10.9 Å². The third-order valence-corrected chi connectivity index (χ3v) is 8.05. The van der Waals surface area contributed by atoms with Gasteiger partial charge in [-0.1, -0.05) is 30.3 Å². The van der Waals surface area contributed by atoms with Gasteiger partial charge in [-0.15, -0.1) is 24.0 Å². The van der Waals surface area contributed by atoms with Gasteiger partial charge >= 0.3 is 0 Å². The van der Waals surface area contributed by atoms with Crippen LogP contribution in [0.3, 0.4) is 0 Å². The molecule has 2 aliphatic rings. The summed E-state index contributed by atoms with van der Waals surface area (Å²) >= 11 is 1.82. The fourth-order valence-electron chi connectivity index (χ4n) is 3.79. The van der Waals surface area contributed by atoms with Crippen LogP contribution in [0.15, 0.2) is 35.3 Å². The van der Waals surface area contributed by atoms with Gasteiger partial charge in [-0.05, 0) is 31.2 Å². The molecule has 2 fully saturated rings. The fraction of sp³-hybridized carbons (Fsp3) is 0.650. The smallest absolute Gasteiger partial charge is 0.215 e. The average Bonchev–Trinajstić information content (AvgIpc) is 3.17. The van der Waals surface area contributed by atoms with Crippen LogP contribution in [-0.4, -0.2) is 80.1 Å². The molecule has 6 nitrogen and oxygen atoms in total. The first kappa shape index (κ1) is 24.7. The fourth-order valence-corrected chi connectivity index (χ4v) is 6.24. The molecule has 1 N–H and O–H groups in total. The molecule has 3 rings (SSSR count). The van der Waals surface area contributed by atoms with Crippen molar-refractivity contribution in [3.05, 3.63) is 35.9 Å². The lowest BCUT2D eigenvalue weighted by atomic mass is 9.99. The minimum atomic E-state index is -3.20. The second kappa shape index (κ2) is 12.4.